The number of amides is 4. The molecule has 0 saturated carbocycles. The van der Waals surface area contributed by atoms with Crippen LogP contribution in [-0.2, 0) is 4.79 Å². The van der Waals surface area contributed by atoms with Crippen LogP contribution in [0.1, 0.15) is 17.7 Å². The minimum Gasteiger partial charge on any atom is -0.410 e. The van der Waals surface area contributed by atoms with Crippen LogP contribution in [0, 0.1) is 24.1 Å². The van der Waals surface area contributed by atoms with Gasteiger partial charge in [-0.25, -0.2) is 23.9 Å². The van der Waals surface area contributed by atoms with Crippen LogP contribution >= 0.6 is 0 Å². The van der Waals surface area contributed by atoms with Crippen LogP contribution < -0.4 is 9.64 Å². The fourth-order valence-corrected chi connectivity index (χ4v) is 4.57. The topological polar surface area (TPSA) is 107 Å². The summed E-state index contributed by atoms with van der Waals surface area (Å²) in [5.41, 5.74) is 1.07. The molecule has 3 fully saturated rings. The Morgan fingerprint density at radius 3 is 2.71 bits per heavy atom. The number of nitrogens with zero attached hydrogens (tertiary/aromatic N) is 5. The summed E-state index contributed by atoms with van der Waals surface area (Å²) in [4.78, 5) is 46.9. The van der Waals surface area contributed by atoms with Crippen LogP contribution in [0.3, 0.4) is 0 Å². The molecule has 2 aromatic rings. The number of fused-ring (bicyclic) bond motifs is 5. The summed E-state index contributed by atoms with van der Waals surface area (Å²) in [6.45, 7) is 1.93. The van der Waals surface area contributed by atoms with Gasteiger partial charge in [0.05, 0.1) is 24.0 Å². The van der Waals surface area contributed by atoms with E-state index in [0.29, 0.717) is 17.7 Å². The lowest BCUT2D eigenvalue weighted by Gasteiger charge is -2.34. The molecular weight excluding hydrogens is 405 g/mol. The van der Waals surface area contributed by atoms with Crippen LogP contribution in [-0.4, -0.2) is 57.5 Å². The minimum absolute atomic E-state index is 0.195. The summed E-state index contributed by atoms with van der Waals surface area (Å²) < 4.78 is 18.4. The minimum atomic E-state index is -0.803. The Morgan fingerprint density at radius 1 is 1.29 bits per heavy atom. The average molecular weight is 421 g/mol. The number of halogens is 1. The molecule has 0 aliphatic carbocycles. The van der Waals surface area contributed by atoms with Gasteiger partial charge in [0.2, 0.25) is 0 Å². The van der Waals surface area contributed by atoms with E-state index in [-0.39, 0.29) is 24.0 Å². The van der Waals surface area contributed by atoms with Crippen molar-refractivity contribution in [1.29, 1.82) is 5.26 Å². The number of rotatable bonds is 2. The highest BCUT2D eigenvalue weighted by molar-refractivity contribution is 6.22. The second-order valence-corrected chi connectivity index (χ2v) is 7.71. The molecule has 1 aromatic carbocycles. The highest BCUT2D eigenvalue weighted by Gasteiger charge is 2.63. The highest BCUT2D eigenvalue weighted by atomic mass is 19.1. The van der Waals surface area contributed by atoms with Crippen molar-refractivity contribution < 1.29 is 23.5 Å². The maximum absolute atomic E-state index is 13.2. The van der Waals surface area contributed by atoms with E-state index in [1.807, 2.05) is 6.07 Å². The van der Waals surface area contributed by atoms with Gasteiger partial charge >= 0.3 is 12.1 Å². The fraction of sp³-hybridized carbons (Fsp3) is 0.286. The Bertz CT molecular complexity index is 1160. The number of piperazine rings is 1. The number of hydrogen-bond acceptors (Lipinski definition) is 6. The van der Waals surface area contributed by atoms with Crippen LogP contribution in [0.4, 0.5) is 19.7 Å². The number of ether oxygens (including phenoxy) is 1. The number of urea groups is 1. The third kappa shape index (κ3) is 2.81. The summed E-state index contributed by atoms with van der Waals surface area (Å²) in [5.74, 6) is -0.693. The number of nitriles is 1. The van der Waals surface area contributed by atoms with Crippen LogP contribution in [0.25, 0.3) is 0 Å². The largest absolute Gasteiger partial charge is 0.415 e. The molecule has 156 valence electrons. The number of likely N-dealkylation sites (tertiary alicyclic amines) is 1. The number of aromatic nitrogens is 1. The first kappa shape index (κ1) is 19.0. The van der Waals surface area contributed by atoms with Crippen molar-refractivity contribution in [2.45, 2.75) is 31.5 Å². The molecule has 3 aliphatic rings. The molecule has 10 heteroatoms. The second-order valence-electron chi connectivity index (χ2n) is 7.71. The molecule has 3 saturated heterocycles. The van der Waals surface area contributed by atoms with Crippen molar-refractivity contribution in [3.05, 3.63) is 53.6 Å². The smallest absolute Gasteiger partial charge is 0.410 e. The first-order valence-corrected chi connectivity index (χ1v) is 9.66. The molecule has 9 nitrogen and oxygen atoms in total. The van der Waals surface area contributed by atoms with E-state index in [9.17, 15) is 18.8 Å². The molecular formula is C21H16FN5O4. The molecule has 4 amide bonds. The maximum Gasteiger partial charge on any atom is 0.415 e. The van der Waals surface area contributed by atoms with Gasteiger partial charge in [0, 0.05) is 6.54 Å². The van der Waals surface area contributed by atoms with Crippen molar-refractivity contribution in [3.8, 4) is 11.8 Å². The molecule has 3 aliphatic heterocycles. The molecule has 4 heterocycles. The number of aryl methyl sites for hydroxylation is 1. The molecule has 0 spiro atoms. The molecule has 0 N–H and O–H groups in total. The quantitative estimate of drug-likeness (QED) is 0.688. The standard InChI is InChI=1S/C21H16FN5O4/c1-11-6-13(9-24-16(11)8-23)27-19(28)18-17-7-14(26(18)20(27)29)10-25(17)21(30)31-15-4-2-12(22)3-5-15/h2-6,9,14,17-18H,7,10H2,1H3. The second kappa shape index (κ2) is 6.77. The molecule has 3 atom stereocenters. The number of hydrogen-bond donors (Lipinski definition) is 0. The van der Waals surface area contributed by atoms with Crippen molar-refractivity contribution >= 4 is 23.7 Å². The average Bonchev–Trinajstić information content (AvgIpc) is 3.41. The van der Waals surface area contributed by atoms with Crippen molar-refractivity contribution in [1.82, 2.24) is 14.8 Å². The number of pyridine rings is 1. The van der Waals surface area contributed by atoms with E-state index in [1.54, 1.807) is 13.0 Å². The predicted octanol–water partition coefficient (Wildman–Crippen LogP) is 2.19. The number of benzene rings is 1. The molecule has 0 radical (unpaired) electrons. The fourth-order valence-electron chi connectivity index (χ4n) is 4.57. The molecule has 31 heavy (non-hydrogen) atoms. The molecule has 2 bridgehead atoms. The number of carbonyl (C=O) groups excluding carboxylic acids is 3. The Morgan fingerprint density at radius 2 is 2.03 bits per heavy atom. The highest BCUT2D eigenvalue weighted by Crippen LogP contribution is 2.42. The van der Waals surface area contributed by atoms with Gasteiger partial charge in [-0.3, -0.25) is 4.79 Å². The van der Waals surface area contributed by atoms with Crippen LogP contribution in [0.2, 0.25) is 0 Å². The zero-order valence-electron chi connectivity index (χ0n) is 16.4. The Labute approximate surface area is 176 Å². The van der Waals surface area contributed by atoms with Crippen LogP contribution in [0.5, 0.6) is 5.75 Å². The number of anilines is 1. The summed E-state index contributed by atoms with van der Waals surface area (Å²) in [7, 11) is 0. The summed E-state index contributed by atoms with van der Waals surface area (Å²) in [6.07, 6.45) is 1.17. The SMILES string of the molecule is Cc1cc(N2C(=O)C3C4CC(CN4C(=O)Oc4ccc(F)cc4)N3C2=O)cnc1C#N. The van der Waals surface area contributed by atoms with Gasteiger partial charge in [-0.05, 0) is 49.2 Å². The number of imide groups is 1. The van der Waals surface area contributed by atoms with E-state index in [0.717, 1.165) is 4.90 Å². The monoisotopic (exact) mass is 421 g/mol. The summed E-state index contributed by atoms with van der Waals surface area (Å²) >= 11 is 0. The van der Waals surface area contributed by atoms with Gasteiger partial charge in [0.15, 0.2) is 0 Å². The molecule has 1 aromatic heterocycles. The van der Waals surface area contributed by atoms with E-state index in [2.05, 4.69) is 4.98 Å². The third-order valence-electron chi connectivity index (χ3n) is 5.95. The van der Waals surface area contributed by atoms with Gasteiger partial charge in [-0.15, -0.1) is 0 Å². The van der Waals surface area contributed by atoms with Gasteiger partial charge < -0.3 is 14.5 Å². The third-order valence-corrected chi connectivity index (χ3v) is 5.95. The predicted molar refractivity (Wildman–Crippen MR) is 104 cm³/mol. The van der Waals surface area contributed by atoms with Crippen molar-refractivity contribution in [3.63, 3.8) is 0 Å². The summed E-state index contributed by atoms with van der Waals surface area (Å²) in [5, 5.41) is 9.05. The maximum atomic E-state index is 13.2. The van der Waals surface area contributed by atoms with E-state index in [4.69, 9.17) is 10.00 Å². The van der Waals surface area contributed by atoms with Crippen LogP contribution in [0.15, 0.2) is 36.5 Å². The zero-order chi connectivity index (χ0) is 21.9. The van der Waals surface area contributed by atoms with E-state index in [1.165, 1.54) is 40.3 Å². The Kier molecular flexibility index (Phi) is 4.15. The molecule has 3 unspecified atom stereocenters. The van der Waals surface area contributed by atoms with Gasteiger partial charge in [-0.1, -0.05) is 0 Å². The Hall–Kier alpha value is -4.00. The van der Waals surface area contributed by atoms with E-state index >= 15 is 0 Å². The first-order valence-electron chi connectivity index (χ1n) is 9.66. The normalized spacial score (nSPS) is 23.9. The lowest BCUT2D eigenvalue weighted by Crippen LogP contribution is -2.55. The number of carbonyl (C=O) groups is 3. The zero-order valence-corrected chi connectivity index (χ0v) is 16.4. The van der Waals surface area contributed by atoms with Gasteiger partial charge in [-0.2, -0.15) is 5.26 Å². The summed E-state index contributed by atoms with van der Waals surface area (Å²) in [6, 6.07) is 6.52. The lowest BCUT2D eigenvalue weighted by molar-refractivity contribution is -0.121. The van der Waals surface area contributed by atoms with Crippen molar-refractivity contribution in [2.75, 3.05) is 11.4 Å². The Balaban J connectivity index is 1.38. The van der Waals surface area contributed by atoms with Gasteiger partial charge in [0.25, 0.3) is 5.91 Å². The van der Waals surface area contributed by atoms with Crippen molar-refractivity contribution in [2.24, 2.45) is 0 Å². The van der Waals surface area contributed by atoms with Gasteiger partial charge in [0.1, 0.15) is 29.4 Å². The van der Waals surface area contributed by atoms with E-state index < -0.39 is 35.9 Å². The molecule has 5 rings (SSSR count). The first-order chi connectivity index (χ1) is 14.9. The lowest BCUT2D eigenvalue weighted by atomic mass is 10.1.